The predicted molar refractivity (Wildman–Crippen MR) is 43.3 cm³/mol. The van der Waals surface area contributed by atoms with Crippen LogP contribution in [0.5, 0.6) is 0 Å². The van der Waals surface area contributed by atoms with Crippen molar-refractivity contribution in [1.29, 1.82) is 0 Å². The van der Waals surface area contributed by atoms with Gasteiger partial charge in [0.05, 0.1) is 0 Å². The zero-order valence-corrected chi connectivity index (χ0v) is 6.59. The minimum absolute atomic E-state index is 0.319. The first kappa shape index (κ1) is 7.12. The van der Waals surface area contributed by atoms with E-state index in [2.05, 4.69) is 15.4 Å². The van der Waals surface area contributed by atoms with Gasteiger partial charge in [-0.15, -0.1) is 0 Å². The molecule has 0 aromatic carbocycles. The molecule has 2 nitrogen and oxygen atoms in total. The van der Waals surface area contributed by atoms with E-state index in [1.807, 2.05) is 0 Å². The molecular formula is C4H2Cl2N2S. The van der Waals surface area contributed by atoms with Gasteiger partial charge in [-0.25, -0.2) is 0 Å². The SMILES string of the molecule is C=C1C(Cl)=NSN=C1Cl. The number of halogens is 2. The maximum atomic E-state index is 5.53. The van der Waals surface area contributed by atoms with Crippen molar-refractivity contribution in [2.24, 2.45) is 8.80 Å². The molecule has 1 heterocycles. The number of hydrogen-bond donors (Lipinski definition) is 0. The minimum atomic E-state index is 0.319. The molecule has 0 aromatic rings. The zero-order valence-electron chi connectivity index (χ0n) is 4.27. The van der Waals surface area contributed by atoms with Gasteiger partial charge in [-0.1, -0.05) is 29.8 Å². The summed E-state index contributed by atoms with van der Waals surface area (Å²) < 4.78 is 7.38. The monoisotopic (exact) mass is 180 g/mol. The fraction of sp³-hybridized carbons (Fsp3) is 0. The highest BCUT2D eigenvalue weighted by Crippen LogP contribution is 2.20. The Morgan fingerprint density at radius 3 is 2.00 bits per heavy atom. The van der Waals surface area contributed by atoms with Crippen molar-refractivity contribution < 1.29 is 0 Å². The van der Waals surface area contributed by atoms with Crippen LogP contribution >= 0.6 is 35.3 Å². The molecule has 5 heteroatoms. The van der Waals surface area contributed by atoms with Gasteiger partial charge in [0, 0.05) is 5.57 Å². The van der Waals surface area contributed by atoms with Gasteiger partial charge in [0.15, 0.2) is 0 Å². The molecule has 1 aliphatic rings. The van der Waals surface area contributed by atoms with Crippen molar-refractivity contribution in [2.45, 2.75) is 0 Å². The maximum absolute atomic E-state index is 5.53. The van der Waals surface area contributed by atoms with Crippen LogP contribution in [0.1, 0.15) is 0 Å². The molecule has 0 radical (unpaired) electrons. The van der Waals surface area contributed by atoms with Gasteiger partial charge >= 0.3 is 0 Å². The van der Waals surface area contributed by atoms with E-state index in [9.17, 15) is 0 Å². The predicted octanol–water partition coefficient (Wildman–Crippen LogP) is 2.39. The van der Waals surface area contributed by atoms with Crippen LogP contribution in [-0.2, 0) is 0 Å². The van der Waals surface area contributed by atoms with Gasteiger partial charge < -0.3 is 0 Å². The van der Waals surface area contributed by atoms with Crippen LogP contribution < -0.4 is 0 Å². The molecule has 0 atom stereocenters. The van der Waals surface area contributed by atoms with Crippen LogP contribution in [0.25, 0.3) is 0 Å². The lowest BCUT2D eigenvalue weighted by molar-refractivity contribution is 1.77. The van der Waals surface area contributed by atoms with E-state index < -0.39 is 0 Å². The topological polar surface area (TPSA) is 24.7 Å². The molecule has 48 valence electrons. The molecule has 9 heavy (non-hydrogen) atoms. The van der Waals surface area contributed by atoms with E-state index in [1.54, 1.807) is 0 Å². The molecular weight excluding hydrogens is 179 g/mol. The van der Waals surface area contributed by atoms with E-state index in [-0.39, 0.29) is 0 Å². The Kier molecular flexibility index (Phi) is 2.16. The first-order chi connectivity index (χ1) is 4.22. The Balaban J connectivity index is 2.86. The molecule has 1 aliphatic heterocycles. The molecule has 0 aromatic heterocycles. The third-order valence-corrected chi connectivity index (χ3v) is 2.09. The van der Waals surface area contributed by atoms with Crippen LogP contribution in [-0.4, -0.2) is 10.3 Å². The summed E-state index contributed by atoms with van der Waals surface area (Å²) in [5.74, 6) is 0. The molecule has 0 unspecified atom stereocenters. The van der Waals surface area contributed by atoms with Crippen molar-refractivity contribution in [1.82, 2.24) is 0 Å². The highest BCUT2D eigenvalue weighted by Gasteiger charge is 2.10. The normalized spacial score (nSPS) is 19.1. The molecule has 1 rings (SSSR count). The van der Waals surface area contributed by atoms with Crippen LogP contribution in [0.15, 0.2) is 20.9 Å². The quantitative estimate of drug-likeness (QED) is 0.526. The Labute approximate surface area is 66.9 Å². The van der Waals surface area contributed by atoms with Gasteiger partial charge in [0.1, 0.15) is 22.5 Å². The van der Waals surface area contributed by atoms with Crippen molar-refractivity contribution in [3.8, 4) is 0 Å². The highest BCUT2D eigenvalue weighted by atomic mass is 35.5. The lowest BCUT2D eigenvalue weighted by Crippen LogP contribution is -2.02. The van der Waals surface area contributed by atoms with E-state index in [0.717, 1.165) is 12.1 Å². The summed E-state index contributed by atoms with van der Waals surface area (Å²) in [6, 6.07) is 0. The first-order valence-electron chi connectivity index (χ1n) is 2.04. The molecule has 0 N–H and O–H groups in total. The summed E-state index contributed by atoms with van der Waals surface area (Å²) in [4.78, 5) is 0. The second kappa shape index (κ2) is 2.73. The first-order valence-corrected chi connectivity index (χ1v) is 3.53. The van der Waals surface area contributed by atoms with Gasteiger partial charge in [-0.2, -0.15) is 8.80 Å². The smallest absolute Gasteiger partial charge is 0.149 e. The Morgan fingerprint density at radius 1 is 1.22 bits per heavy atom. The Bertz CT molecular complexity index is 189. The van der Waals surface area contributed by atoms with Gasteiger partial charge in [-0.05, 0) is 0 Å². The third-order valence-electron chi connectivity index (χ3n) is 0.740. The van der Waals surface area contributed by atoms with Crippen molar-refractivity contribution in [3.05, 3.63) is 12.2 Å². The zero-order chi connectivity index (χ0) is 6.85. The molecule has 0 fully saturated rings. The van der Waals surface area contributed by atoms with Crippen LogP contribution in [0.3, 0.4) is 0 Å². The summed E-state index contributed by atoms with van der Waals surface area (Å²) in [6.45, 7) is 3.54. The minimum Gasteiger partial charge on any atom is -0.180 e. The fourth-order valence-electron chi connectivity index (χ4n) is 0.287. The van der Waals surface area contributed by atoms with Crippen LogP contribution in [0, 0.1) is 0 Å². The van der Waals surface area contributed by atoms with E-state index in [1.165, 1.54) is 0 Å². The second-order valence-corrected chi connectivity index (χ2v) is 2.57. The average Bonchev–Trinajstić information content (AvgIpc) is 1.83. The lowest BCUT2D eigenvalue weighted by atomic mass is 10.4. The van der Waals surface area contributed by atoms with Crippen LogP contribution in [0.2, 0.25) is 0 Å². The lowest BCUT2D eigenvalue weighted by Gasteiger charge is -2.02. The van der Waals surface area contributed by atoms with E-state index in [4.69, 9.17) is 23.2 Å². The second-order valence-electron chi connectivity index (χ2n) is 1.32. The number of nitrogens with zero attached hydrogens (tertiary/aromatic N) is 2. The number of hydrogen-bond acceptors (Lipinski definition) is 3. The average molecular weight is 181 g/mol. The molecule has 0 amide bonds. The Morgan fingerprint density at radius 2 is 1.67 bits per heavy atom. The molecule has 0 saturated heterocycles. The van der Waals surface area contributed by atoms with Gasteiger partial charge in [0.25, 0.3) is 0 Å². The third kappa shape index (κ3) is 1.47. The molecule has 0 spiro atoms. The maximum Gasteiger partial charge on any atom is 0.149 e. The molecule has 0 bridgehead atoms. The van der Waals surface area contributed by atoms with Crippen molar-refractivity contribution in [2.75, 3.05) is 0 Å². The summed E-state index contributed by atoms with van der Waals surface area (Å²) in [6.07, 6.45) is 0. The molecule has 0 saturated carbocycles. The van der Waals surface area contributed by atoms with E-state index >= 15 is 0 Å². The van der Waals surface area contributed by atoms with E-state index in [0.29, 0.717) is 15.9 Å². The Hall–Kier alpha value is 0.01000. The standard InChI is InChI=1S/C4H2Cl2N2S/c1-2-3(5)7-9-8-4(2)6/h1H2. The molecule has 0 aliphatic carbocycles. The number of allylic oxidation sites excluding steroid dienone is 1. The van der Waals surface area contributed by atoms with Crippen LogP contribution in [0.4, 0.5) is 0 Å². The number of rotatable bonds is 0. The summed E-state index contributed by atoms with van der Waals surface area (Å²) in [5.41, 5.74) is 0.483. The fourth-order valence-corrected chi connectivity index (χ4v) is 1.10. The summed E-state index contributed by atoms with van der Waals surface area (Å²) >= 11 is 12.0. The van der Waals surface area contributed by atoms with Crippen molar-refractivity contribution >= 4 is 45.7 Å². The highest BCUT2D eigenvalue weighted by molar-refractivity contribution is 7.97. The summed E-state index contributed by atoms with van der Waals surface area (Å²) in [5, 5.41) is 0.639. The van der Waals surface area contributed by atoms with Gasteiger partial charge in [0.2, 0.25) is 0 Å². The van der Waals surface area contributed by atoms with Gasteiger partial charge in [-0.3, -0.25) is 0 Å². The summed E-state index contributed by atoms with van der Waals surface area (Å²) in [7, 11) is 0. The largest absolute Gasteiger partial charge is 0.180 e. The van der Waals surface area contributed by atoms with Crippen molar-refractivity contribution in [3.63, 3.8) is 0 Å².